The molecule has 1 aromatic heterocycles. The average Bonchev–Trinajstić information content (AvgIpc) is 1.90. The number of rotatable bonds is 1. The van der Waals surface area contributed by atoms with Crippen molar-refractivity contribution in [3.63, 3.8) is 0 Å². The summed E-state index contributed by atoms with van der Waals surface area (Å²) in [6.07, 6.45) is 1.40. The van der Waals surface area contributed by atoms with E-state index >= 15 is 0 Å². The van der Waals surface area contributed by atoms with E-state index in [1.165, 1.54) is 12.3 Å². The van der Waals surface area contributed by atoms with Gasteiger partial charge in [0, 0.05) is 12.3 Å². The van der Waals surface area contributed by atoms with Gasteiger partial charge in [0.05, 0.1) is 0 Å². The zero-order chi connectivity index (χ0) is 6.69. The van der Waals surface area contributed by atoms with Crippen LogP contribution in [0.1, 0.15) is 10.5 Å². The van der Waals surface area contributed by atoms with Crippen LogP contribution in [0.4, 0.5) is 0 Å². The quantitative estimate of drug-likeness (QED) is 0.567. The van der Waals surface area contributed by atoms with Crippen molar-refractivity contribution in [2.75, 3.05) is 0 Å². The van der Waals surface area contributed by atoms with Crippen molar-refractivity contribution in [3.05, 3.63) is 30.1 Å². The van der Waals surface area contributed by atoms with E-state index in [-0.39, 0.29) is 5.69 Å². The molecule has 0 bridgehead atoms. The van der Waals surface area contributed by atoms with E-state index < -0.39 is 5.91 Å². The molecule has 2 N–H and O–H groups in total. The van der Waals surface area contributed by atoms with Crippen LogP contribution in [0.3, 0.4) is 0 Å². The van der Waals surface area contributed by atoms with Crippen molar-refractivity contribution >= 4 is 5.91 Å². The van der Waals surface area contributed by atoms with Crippen molar-refractivity contribution in [1.82, 2.24) is 4.98 Å². The average molecular weight is 121 g/mol. The molecule has 0 unspecified atom stereocenters. The predicted molar refractivity (Wildman–Crippen MR) is 31.6 cm³/mol. The van der Waals surface area contributed by atoms with Crippen molar-refractivity contribution in [2.24, 2.45) is 5.73 Å². The Bertz CT molecular complexity index is 208. The molecule has 0 saturated carbocycles. The summed E-state index contributed by atoms with van der Waals surface area (Å²) >= 11 is 0. The van der Waals surface area contributed by atoms with Crippen molar-refractivity contribution in [2.45, 2.75) is 0 Å². The van der Waals surface area contributed by atoms with E-state index in [1.54, 1.807) is 6.07 Å². The largest absolute Gasteiger partial charge is 0.364 e. The minimum Gasteiger partial charge on any atom is -0.364 e. The lowest BCUT2D eigenvalue weighted by Gasteiger charge is -1.88. The standard InChI is InChI=1S/C6H5N2O/c7-6(9)5-3-1-2-4-8-5/h1,3-4H,(H2,7,9). The van der Waals surface area contributed by atoms with Gasteiger partial charge in [-0.25, -0.2) is 0 Å². The number of primary amides is 1. The van der Waals surface area contributed by atoms with Gasteiger partial charge in [0.1, 0.15) is 5.69 Å². The number of nitrogens with two attached hydrogens (primary N) is 1. The Morgan fingerprint density at radius 3 is 2.89 bits per heavy atom. The van der Waals surface area contributed by atoms with Gasteiger partial charge >= 0.3 is 0 Å². The lowest BCUT2D eigenvalue weighted by molar-refractivity contribution is 0.0995. The molecule has 0 atom stereocenters. The van der Waals surface area contributed by atoms with Gasteiger partial charge < -0.3 is 5.73 Å². The Morgan fingerprint density at radius 2 is 2.56 bits per heavy atom. The molecule has 0 spiro atoms. The summed E-state index contributed by atoms with van der Waals surface area (Å²) in [5.41, 5.74) is 5.17. The summed E-state index contributed by atoms with van der Waals surface area (Å²) in [6, 6.07) is 5.78. The van der Waals surface area contributed by atoms with Crippen molar-refractivity contribution in [1.29, 1.82) is 0 Å². The maximum absolute atomic E-state index is 10.3. The first-order chi connectivity index (χ1) is 4.30. The third-order valence-corrected chi connectivity index (χ3v) is 0.868. The highest BCUT2D eigenvalue weighted by Gasteiger charge is 1.96. The number of hydrogen-bond donors (Lipinski definition) is 1. The second kappa shape index (κ2) is 2.26. The maximum Gasteiger partial charge on any atom is 0.267 e. The molecule has 0 aliphatic carbocycles. The Labute approximate surface area is 52.5 Å². The van der Waals surface area contributed by atoms with E-state index in [1.807, 2.05) is 0 Å². The molecule has 1 heterocycles. The lowest BCUT2D eigenvalue weighted by atomic mass is 10.3. The maximum atomic E-state index is 10.3. The SMILES string of the molecule is NC(=O)c1cc[c]cn1. The molecule has 0 saturated heterocycles. The number of amides is 1. The minimum absolute atomic E-state index is 0.272. The predicted octanol–water partition coefficient (Wildman–Crippen LogP) is -0.0193. The normalized spacial score (nSPS) is 8.89. The third-order valence-electron chi connectivity index (χ3n) is 0.868. The van der Waals surface area contributed by atoms with Crippen LogP contribution < -0.4 is 5.73 Å². The van der Waals surface area contributed by atoms with Crippen LogP contribution in [0, 0.1) is 6.07 Å². The van der Waals surface area contributed by atoms with Crippen LogP contribution in [0.2, 0.25) is 0 Å². The highest BCUT2D eigenvalue weighted by Crippen LogP contribution is 1.88. The number of carbonyl (C=O) groups excluding carboxylic acids is 1. The first-order valence-corrected chi connectivity index (χ1v) is 2.42. The number of nitrogens with zero attached hydrogens (tertiary/aromatic N) is 1. The molecule has 3 heteroatoms. The molecule has 1 aromatic rings. The molecule has 0 fully saturated rings. The van der Waals surface area contributed by atoms with Crippen LogP contribution in [0.5, 0.6) is 0 Å². The van der Waals surface area contributed by atoms with Crippen LogP contribution in [-0.2, 0) is 0 Å². The van der Waals surface area contributed by atoms with Gasteiger partial charge in [-0.1, -0.05) is 6.07 Å². The fourth-order valence-corrected chi connectivity index (χ4v) is 0.466. The minimum atomic E-state index is -0.510. The number of pyridine rings is 1. The first-order valence-electron chi connectivity index (χ1n) is 2.42. The Morgan fingerprint density at radius 1 is 1.78 bits per heavy atom. The van der Waals surface area contributed by atoms with Gasteiger partial charge in [-0.2, -0.15) is 0 Å². The summed E-state index contributed by atoms with van der Waals surface area (Å²) in [4.78, 5) is 14.0. The monoisotopic (exact) mass is 121 g/mol. The van der Waals surface area contributed by atoms with Gasteiger partial charge in [0.15, 0.2) is 0 Å². The smallest absolute Gasteiger partial charge is 0.267 e. The molecule has 1 radical (unpaired) electrons. The summed E-state index contributed by atoms with van der Waals surface area (Å²) in [6.45, 7) is 0. The number of aromatic nitrogens is 1. The second-order valence-corrected chi connectivity index (χ2v) is 1.51. The molecular weight excluding hydrogens is 116 g/mol. The molecule has 1 rings (SSSR count). The number of carbonyl (C=O) groups is 1. The molecule has 3 nitrogen and oxygen atoms in total. The van der Waals surface area contributed by atoms with Gasteiger partial charge in [-0.05, 0) is 6.07 Å². The van der Waals surface area contributed by atoms with Crippen LogP contribution >= 0.6 is 0 Å². The fraction of sp³-hybridized carbons (Fsp3) is 0. The van der Waals surface area contributed by atoms with E-state index in [9.17, 15) is 4.79 Å². The molecule has 1 amide bonds. The lowest BCUT2D eigenvalue weighted by Crippen LogP contribution is -2.12. The van der Waals surface area contributed by atoms with Gasteiger partial charge in [0.25, 0.3) is 5.91 Å². The summed E-state index contributed by atoms with van der Waals surface area (Å²) < 4.78 is 0. The second-order valence-electron chi connectivity index (χ2n) is 1.51. The summed E-state index contributed by atoms with van der Waals surface area (Å²) in [5, 5.41) is 0. The first kappa shape index (κ1) is 5.75. The van der Waals surface area contributed by atoms with Crippen molar-refractivity contribution in [3.8, 4) is 0 Å². The van der Waals surface area contributed by atoms with Gasteiger partial charge in [-0.3, -0.25) is 9.78 Å². The van der Waals surface area contributed by atoms with E-state index in [0.29, 0.717) is 0 Å². The summed E-state index contributed by atoms with van der Waals surface area (Å²) in [7, 11) is 0. The number of hydrogen-bond acceptors (Lipinski definition) is 2. The fourth-order valence-electron chi connectivity index (χ4n) is 0.466. The summed E-state index contributed by atoms with van der Waals surface area (Å²) in [5.74, 6) is -0.510. The van der Waals surface area contributed by atoms with Crippen LogP contribution in [-0.4, -0.2) is 10.9 Å². The Kier molecular flexibility index (Phi) is 1.44. The zero-order valence-corrected chi connectivity index (χ0v) is 4.66. The molecule has 9 heavy (non-hydrogen) atoms. The molecule has 0 aromatic carbocycles. The topological polar surface area (TPSA) is 56.0 Å². The van der Waals surface area contributed by atoms with Gasteiger partial charge in [-0.15, -0.1) is 0 Å². The third kappa shape index (κ3) is 1.25. The molecule has 0 aliphatic rings. The van der Waals surface area contributed by atoms with Crippen LogP contribution in [0.25, 0.3) is 0 Å². The Balaban J connectivity index is 2.98. The van der Waals surface area contributed by atoms with Crippen LogP contribution in [0.15, 0.2) is 18.3 Å². The molecule has 45 valence electrons. The van der Waals surface area contributed by atoms with E-state index in [2.05, 4.69) is 11.1 Å². The molecular formula is C6H5N2O. The highest BCUT2D eigenvalue weighted by atomic mass is 16.1. The van der Waals surface area contributed by atoms with E-state index in [0.717, 1.165) is 0 Å². The molecule has 0 aliphatic heterocycles. The highest BCUT2D eigenvalue weighted by molar-refractivity contribution is 5.90. The van der Waals surface area contributed by atoms with E-state index in [4.69, 9.17) is 5.73 Å². The Hall–Kier alpha value is -1.38. The van der Waals surface area contributed by atoms with Gasteiger partial charge in [0.2, 0.25) is 0 Å². The van der Waals surface area contributed by atoms with Crippen molar-refractivity contribution < 1.29 is 4.79 Å². The zero-order valence-electron chi connectivity index (χ0n) is 4.66.